The smallest absolute Gasteiger partial charge is 0.254 e. The lowest BCUT2D eigenvalue weighted by Gasteiger charge is -2.19. The molecule has 0 spiro atoms. The molecule has 1 atom stereocenters. The Balaban J connectivity index is 1.79. The van der Waals surface area contributed by atoms with E-state index in [9.17, 15) is 17.2 Å². The molecule has 2 heterocycles. The normalized spacial score (nSPS) is 17.9. The predicted molar refractivity (Wildman–Crippen MR) is 92.1 cm³/mol. The number of benzene rings is 1. The molecule has 0 saturated carbocycles. The van der Waals surface area contributed by atoms with Crippen molar-refractivity contribution in [3.63, 3.8) is 0 Å². The summed E-state index contributed by atoms with van der Waals surface area (Å²) in [6.45, 7) is 1.90. The third-order valence-electron chi connectivity index (χ3n) is 4.29. The summed E-state index contributed by atoms with van der Waals surface area (Å²) < 4.78 is 65.3. The van der Waals surface area contributed by atoms with Gasteiger partial charge < -0.3 is 9.47 Å². The van der Waals surface area contributed by atoms with Gasteiger partial charge in [0.25, 0.3) is 5.88 Å². The largest absolute Gasteiger partial charge is 0.495 e. The first-order valence-electron chi connectivity index (χ1n) is 8.36. The van der Waals surface area contributed by atoms with Gasteiger partial charge in [-0.15, -0.1) is 0 Å². The fourth-order valence-corrected chi connectivity index (χ4v) is 4.53. The van der Waals surface area contributed by atoms with Crippen LogP contribution in [0.1, 0.15) is 19.0 Å². The Hall–Kier alpha value is -2.33. The molecule has 1 aliphatic rings. The van der Waals surface area contributed by atoms with Crippen LogP contribution in [0.3, 0.4) is 0 Å². The molecule has 1 fully saturated rings. The fourth-order valence-electron chi connectivity index (χ4n) is 2.88. The summed E-state index contributed by atoms with van der Waals surface area (Å²) in [6.07, 6.45) is 1.36. The van der Waals surface area contributed by atoms with Crippen LogP contribution < -0.4 is 9.47 Å². The topological polar surface area (TPSA) is 81.6 Å². The lowest BCUT2D eigenvalue weighted by atomic mass is 10.3. The van der Waals surface area contributed by atoms with Crippen molar-refractivity contribution >= 4 is 10.0 Å². The van der Waals surface area contributed by atoms with E-state index in [1.165, 1.54) is 19.5 Å². The minimum atomic E-state index is -3.99. The van der Waals surface area contributed by atoms with Crippen molar-refractivity contribution in [2.45, 2.75) is 30.8 Å². The molecule has 3 rings (SSSR count). The molecule has 7 nitrogen and oxygen atoms in total. The zero-order valence-corrected chi connectivity index (χ0v) is 15.7. The first kappa shape index (κ1) is 19.4. The van der Waals surface area contributed by atoms with E-state index < -0.39 is 27.8 Å². The molecule has 1 saturated heterocycles. The van der Waals surface area contributed by atoms with E-state index in [1.54, 1.807) is 6.92 Å². The summed E-state index contributed by atoms with van der Waals surface area (Å²) in [5, 5.41) is 0. The molecule has 1 aromatic heterocycles. The number of nitrogens with zero attached hydrogens (tertiary/aromatic N) is 3. The average Bonchev–Trinajstić information content (AvgIpc) is 3.13. The zero-order chi connectivity index (χ0) is 19.6. The number of aromatic nitrogens is 2. The Bertz CT molecular complexity index is 940. The van der Waals surface area contributed by atoms with Crippen LogP contribution in [0.4, 0.5) is 8.78 Å². The molecule has 0 radical (unpaired) electrons. The Labute approximate surface area is 156 Å². The molecular weight excluding hydrogens is 380 g/mol. The predicted octanol–water partition coefficient (Wildman–Crippen LogP) is 2.17. The summed E-state index contributed by atoms with van der Waals surface area (Å²) in [5.74, 6) is -1.48. The fraction of sp³-hybridized carbons (Fsp3) is 0.412. The second kappa shape index (κ2) is 7.73. The molecule has 27 heavy (non-hydrogen) atoms. The molecule has 0 aliphatic carbocycles. The van der Waals surface area contributed by atoms with E-state index in [0.29, 0.717) is 12.8 Å². The number of sulfonamides is 1. The molecule has 1 aromatic carbocycles. The van der Waals surface area contributed by atoms with E-state index in [1.807, 2.05) is 0 Å². The molecule has 2 aromatic rings. The molecule has 0 bridgehead atoms. The van der Waals surface area contributed by atoms with Crippen LogP contribution in [0.2, 0.25) is 0 Å². The molecule has 1 aliphatic heterocycles. The van der Waals surface area contributed by atoms with Crippen LogP contribution in [0.25, 0.3) is 0 Å². The molecule has 146 valence electrons. The monoisotopic (exact) mass is 399 g/mol. The van der Waals surface area contributed by atoms with Crippen molar-refractivity contribution in [3.05, 3.63) is 41.9 Å². The molecule has 10 heteroatoms. The van der Waals surface area contributed by atoms with Crippen molar-refractivity contribution < 1.29 is 26.7 Å². The molecule has 0 N–H and O–H groups in total. The zero-order valence-electron chi connectivity index (χ0n) is 14.9. The average molecular weight is 399 g/mol. The van der Waals surface area contributed by atoms with E-state index >= 15 is 0 Å². The van der Waals surface area contributed by atoms with Crippen molar-refractivity contribution in [3.8, 4) is 11.6 Å². The minimum Gasteiger partial charge on any atom is -0.495 e. The van der Waals surface area contributed by atoms with Crippen LogP contribution in [-0.2, 0) is 16.4 Å². The van der Waals surface area contributed by atoms with Crippen molar-refractivity contribution in [1.82, 2.24) is 14.3 Å². The van der Waals surface area contributed by atoms with Gasteiger partial charge in [0.2, 0.25) is 15.8 Å². The maximum absolute atomic E-state index is 14.2. The number of aryl methyl sites for hydroxylation is 1. The highest BCUT2D eigenvalue weighted by Gasteiger charge is 2.36. The summed E-state index contributed by atoms with van der Waals surface area (Å²) in [4.78, 5) is 7.36. The minimum absolute atomic E-state index is 0.00704. The van der Waals surface area contributed by atoms with Crippen LogP contribution in [-0.4, -0.2) is 49.0 Å². The van der Waals surface area contributed by atoms with E-state index in [2.05, 4.69) is 9.97 Å². The van der Waals surface area contributed by atoms with Gasteiger partial charge in [-0.05, 0) is 31.0 Å². The van der Waals surface area contributed by atoms with Gasteiger partial charge in [0, 0.05) is 6.54 Å². The Morgan fingerprint density at radius 3 is 2.78 bits per heavy atom. The van der Waals surface area contributed by atoms with Gasteiger partial charge in [0.15, 0.2) is 0 Å². The highest BCUT2D eigenvalue weighted by atomic mass is 32.2. The Morgan fingerprint density at radius 1 is 1.30 bits per heavy atom. The number of ether oxygens (including phenoxy) is 2. The van der Waals surface area contributed by atoms with Crippen LogP contribution in [0, 0.1) is 11.6 Å². The lowest BCUT2D eigenvalue weighted by Crippen LogP contribution is -2.31. The lowest BCUT2D eigenvalue weighted by molar-refractivity contribution is 0.195. The third kappa shape index (κ3) is 3.86. The number of hydrogen-bond donors (Lipinski definition) is 0. The summed E-state index contributed by atoms with van der Waals surface area (Å²) in [6, 6.07) is 3.30. The highest BCUT2D eigenvalue weighted by molar-refractivity contribution is 7.89. The first-order valence-corrected chi connectivity index (χ1v) is 9.80. The maximum Gasteiger partial charge on any atom is 0.254 e. The van der Waals surface area contributed by atoms with Gasteiger partial charge >= 0.3 is 0 Å². The van der Waals surface area contributed by atoms with Gasteiger partial charge in [-0.25, -0.2) is 17.8 Å². The van der Waals surface area contributed by atoms with E-state index in [4.69, 9.17) is 9.47 Å². The van der Waals surface area contributed by atoms with Crippen molar-refractivity contribution in [2.75, 3.05) is 20.2 Å². The van der Waals surface area contributed by atoms with Crippen molar-refractivity contribution in [1.29, 1.82) is 0 Å². The van der Waals surface area contributed by atoms with Gasteiger partial charge in [-0.3, -0.25) is 0 Å². The number of rotatable bonds is 6. The maximum atomic E-state index is 14.2. The standard InChI is InChI=1S/C17H19F2N3O4S/c1-3-13-16(19)17(21-10-20-13)26-12-6-7-22(9-12)27(23,24)15-8-11(18)4-5-14(15)25-2/h4-5,8,10,12H,3,6-7,9H2,1-2H3. The second-order valence-electron chi connectivity index (χ2n) is 5.98. The van der Waals surface area contributed by atoms with Gasteiger partial charge in [-0.1, -0.05) is 6.92 Å². The van der Waals surface area contributed by atoms with Gasteiger partial charge in [0.05, 0.1) is 19.3 Å². The SMILES string of the molecule is CCc1ncnc(OC2CCN(S(=O)(=O)c3cc(F)ccc3OC)C2)c1F. The molecule has 0 amide bonds. The Morgan fingerprint density at radius 2 is 2.07 bits per heavy atom. The van der Waals surface area contributed by atoms with E-state index in [-0.39, 0.29) is 35.3 Å². The molecular formula is C17H19F2N3O4S. The van der Waals surface area contributed by atoms with Crippen molar-refractivity contribution in [2.24, 2.45) is 0 Å². The quantitative estimate of drug-likeness (QED) is 0.741. The van der Waals surface area contributed by atoms with Crippen LogP contribution >= 0.6 is 0 Å². The number of methoxy groups -OCH3 is 1. The highest BCUT2D eigenvalue weighted by Crippen LogP contribution is 2.30. The van der Waals surface area contributed by atoms with Gasteiger partial charge in [-0.2, -0.15) is 13.7 Å². The van der Waals surface area contributed by atoms with Crippen LogP contribution in [0.15, 0.2) is 29.4 Å². The summed E-state index contributed by atoms with van der Waals surface area (Å²) >= 11 is 0. The van der Waals surface area contributed by atoms with Gasteiger partial charge in [0.1, 0.15) is 28.9 Å². The van der Waals surface area contributed by atoms with E-state index in [0.717, 1.165) is 16.4 Å². The third-order valence-corrected chi connectivity index (χ3v) is 6.18. The number of halogens is 2. The summed E-state index contributed by atoms with van der Waals surface area (Å²) in [7, 11) is -2.68. The summed E-state index contributed by atoms with van der Waals surface area (Å²) in [5.41, 5.74) is 0.229. The second-order valence-corrected chi connectivity index (χ2v) is 7.89. The first-order chi connectivity index (χ1) is 12.9. The Kier molecular flexibility index (Phi) is 5.56. The molecule has 1 unspecified atom stereocenters. The number of hydrogen-bond acceptors (Lipinski definition) is 6. The van der Waals surface area contributed by atoms with Crippen LogP contribution in [0.5, 0.6) is 11.6 Å².